The quantitative estimate of drug-likeness (QED) is 0.702. The summed E-state index contributed by atoms with van der Waals surface area (Å²) >= 11 is 2.85. The molecule has 0 unspecified atom stereocenters. The Morgan fingerprint density at radius 2 is 2.29 bits per heavy atom. The highest BCUT2D eigenvalue weighted by Crippen LogP contribution is 2.25. The molecule has 1 heterocycles. The van der Waals surface area contributed by atoms with E-state index in [0.29, 0.717) is 31.2 Å². The van der Waals surface area contributed by atoms with Gasteiger partial charge in [-0.15, -0.1) is 10.2 Å². The molecule has 1 aromatic rings. The van der Waals surface area contributed by atoms with Crippen LogP contribution in [0.4, 0.5) is 5.13 Å². The number of amides is 1. The Morgan fingerprint density at radius 1 is 1.52 bits per heavy atom. The van der Waals surface area contributed by atoms with Gasteiger partial charge in [-0.05, 0) is 12.8 Å². The molecule has 0 fully saturated rings. The Bertz CT molecular complexity index is 483. The summed E-state index contributed by atoms with van der Waals surface area (Å²) in [5, 5.41) is 20.7. The van der Waals surface area contributed by atoms with Crippen LogP contribution in [-0.4, -0.2) is 46.4 Å². The minimum absolute atomic E-state index is 0.0321. The van der Waals surface area contributed by atoms with E-state index < -0.39 is 0 Å². The second kappa shape index (κ2) is 9.58. The van der Waals surface area contributed by atoms with Crippen molar-refractivity contribution >= 4 is 34.1 Å². The van der Waals surface area contributed by atoms with Gasteiger partial charge in [0.05, 0.1) is 18.2 Å². The molecule has 116 valence electrons. The first-order chi connectivity index (χ1) is 10.1. The van der Waals surface area contributed by atoms with Crippen molar-refractivity contribution in [2.24, 2.45) is 5.92 Å². The van der Waals surface area contributed by atoms with Gasteiger partial charge in [0.2, 0.25) is 11.0 Å². The van der Waals surface area contributed by atoms with Crippen molar-refractivity contribution in [3.8, 4) is 6.07 Å². The van der Waals surface area contributed by atoms with E-state index >= 15 is 0 Å². The Balaban J connectivity index is 2.40. The molecule has 0 saturated carbocycles. The lowest BCUT2D eigenvalue weighted by Gasteiger charge is -2.18. The molecular formula is C13H21N5OS2. The SMILES string of the molecule is CCN(CCC#N)C(=O)CSc1nnc(NCC(C)C)s1. The predicted octanol–water partition coefficient (Wildman–Crippen LogP) is 2.46. The van der Waals surface area contributed by atoms with Gasteiger partial charge >= 0.3 is 0 Å². The number of aromatic nitrogens is 2. The van der Waals surface area contributed by atoms with Crippen LogP contribution in [0.5, 0.6) is 0 Å². The maximum Gasteiger partial charge on any atom is 0.233 e. The van der Waals surface area contributed by atoms with Crippen LogP contribution >= 0.6 is 23.1 Å². The number of hydrogen-bond donors (Lipinski definition) is 1. The zero-order chi connectivity index (χ0) is 15.7. The summed E-state index contributed by atoms with van der Waals surface area (Å²) in [5.41, 5.74) is 0. The molecule has 0 aliphatic rings. The van der Waals surface area contributed by atoms with E-state index in [9.17, 15) is 4.79 Å². The van der Waals surface area contributed by atoms with Gasteiger partial charge in [0.15, 0.2) is 4.34 Å². The summed E-state index contributed by atoms with van der Waals surface area (Å²) in [4.78, 5) is 13.7. The Labute approximate surface area is 133 Å². The van der Waals surface area contributed by atoms with Gasteiger partial charge in [0, 0.05) is 19.6 Å². The number of anilines is 1. The summed E-state index contributed by atoms with van der Waals surface area (Å²) < 4.78 is 0.783. The minimum Gasteiger partial charge on any atom is -0.360 e. The first kappa shape index (κ1) is 17.7. The zero-order valence-electron chi connectivity index (χ0n) is 12.6. The van der Waals surface area contributed by atoms with Crippen LogP contribution < -0.4 is 5.32 Å². The Morgan fingerprint density at radius 3 is 2.90 bits per heavy atom. The number of nitrogens with zero attached hydrogens (tertiary/aromatic N) is 4. The normalized spacial score (nSPS) is 10.4. The first-order valence-electron chi connectivity index (χ1n) is 6.91. The van der Waals surface area contributed by atoms with Gasteiger partial charge in [-0.3, -0.25) is 4.79 Å². The molecule has 8 heteroatoms. The number of rotatable bonds is 9. The molecule has 0 saturated heterocycles. The van der Waals surface area contributed by atoms with Crippen LogP contribution in [0, 0.1) is 17.2 Å². The Hall–Kier alpha value is -1.33. The molecule has 1 rings (SSSR count). The van der Waals surface area contributed by atoms with E-state index in [2.05, 4.69) is 35.4 Å². The lowest BCUT2D eigenvalue weighted by atomic mass is 10.2. The van der Waals surface area contributed by atoms with Crippen molar-refractivity contribution in [3.05, 3.63) is 0 Å². The summed E-state index contributed by atoms with van der Waals surface area (Å²) in [7, 11) is 0. The van der Waals surface area contributed by atoms with Gasteiger partial charge in [-0.1, -0.05) is 36.9 Å². The molecule has 0 aliphatic carbocycles. The second-order valence-electron chi connectivity index (χ2n) is 4.82. The topological polar surface area (TPSA) is 81.9 Å². The van der Waals surface area contributed by atoms with Crippen LogP contribution in [0.15, 0.2) is 4.34 Å². The third kappa shape index (κ3) is 6.78. The fraction of sp³-hybridized carbons (Fsp3) is 0.692. The number of nitrogens with one attached hydrogen (secondary N) is 1. The molecular weight excluding hydrogens is 306 g/mol. The van der Waals surface area contributed by atoms with E-state index in [-0.39, 0.29) is 5.91 Å². The van der Waals surface area contributed by atoms with Gasteiger partial charge in [0.25, 0.3) is 0 Å². The maximum absolute atomic E-state index is 12.0. The molecule has 21 heavy (non-hydrogen) atoms. The standard InChI is InChI=1S/C13H21N5OS2/c1-4-18(7-5-6-14)11(19)9-20-13-17-16-12(21-13)15-8-10(2)3/h10H,4-5,7-9H2,1-3H3,(H,15,16). The second-order valence-corrected chi connectivity index (χ2v) is 7.02. The maximum atomic E-state index is 12.0. The molecule has 0 aliphatic heterocycles. The van der Waals surface area contributed by atoms with E-state index in [0.717, 1.165) is 16.0 Å². The van der Waals surface area contributed by atoms with Crippen LogP contribution in [0.25, 0.3) is 0 Å². The monoisotopic (exact) mass is 327 g/mol. The van der Waals surface area contributed by atoms with Gasteiger partial charge in [0.1, 0.15) is 0 Å². The Kier molecular flexibility index (Phi) is 8.08. The van der Waals surface area contributed by atoms with Crippen molar-refractivity contribution in [2.75, 3.05) is 30.7 Å². The van der Waals surface area contributed by atoms with Crippen molar-refractivity contribution in [1.29, 1.82) is 5.26 Å². The lowest BCUT2D eigenvalue weighted by Crippen LogP contribution is -2.32. The third-order valence-corrected chi connectivity index (χ3v) is 4.61. The molecule has 0 radical (unpaired) electrons. The van der Waals surface area contributed by atoms with E-state index in [1.165, 1.54) is 23.1 Å². The fourth-order valence-electron chi connectivity index (χ4n) is 1.49. The van der Waals surface area contributed by atoms with Gasteiger partial charge in [-0.25, -0.2) is 0 Å². The summed E-state index contributed by atoms with van der Waals surface area (Å²) in [6.07, 6.45) is 0.367. The van der Waals surface area contributed by atoms with Crippen molar-refractivity contribution < 1.29 is 4.79 Å². The zero-order valence-corrected chi connectivity index (χ0v) is 14.3. The molecule has 1 aromatic heterocycles. The van der Waals surface area contributed by atoms with Gasteiger partial charge < -0.3 is 10.2 Å². The van der Waals surface area contributed by atoms with E-state index in [4.69, 9.17) is 5.26 Å². The van der Waals surface area contributed by atoms with Crippen LogP contribution in [0.1, 0.15) is 27.2 Å². The van der Waals surface area contributed by atoms with E-state index in [1.54, 1.807) is 4.90 Å². The molecule has 0 spiro atoms. The molecule has 0 atom stereocenters. The van der Waals surface area contributed by atoms with Crippen molar-refractivity contribution in [1.82, 2.24) is 15.1 Å². The highest BCUT2D eigenvalue weighted by molar-refractivity contribution is 8.01. The van der Waals surface area contributed by atoms with Crippen LogP contribution in [-0.2, 0) is 4.79 Å². The average molecular weight is 327 g/mol. The number of carbonyl (C=O) groups is 1. The summed E-state index contributed by atoms with van der Waals surface area (Å²) in [6, 6.07) is 2.06. The minimum atomic E-state index is 0.0321. The molecule has 1 N–H and O–H groups in total. The number of carbonyl (C=O) groups excluding carboxylic acids is 1. The fourth-order valence-corrected chi connectivity index (χ4v) is 3.15. The van der Waals surface area contributed by atoms with Crippen molar-refractivity contribution in [2.45, 2.75) is 31.5 Å². The third-order valence-electron chi connectivity index (χ3n) is 2.62. The van der Waals surface area contributed by atoms with E-state index in [1.807, 2.05) is 6.92 Å². The van der Waals surface area contributed by atoms with Crippen LogP contribution in [0.2, 0.25) is 0 Å². The molecule has 0 aromatic carbocycles. The summed E-state index contributed by atoms with van der Waals surface area (Å²) in [6.45, 7) is 8.14. The highest BCUT2D eigenvalue weighted by atomic mass is 32.2. The largest absolute Gasteiger partial charge is 0.360 e. The smallest absolute Gasteiger partial charge is 0.233 e. The first-order valence-corrected chi connectivity index (χ1v) is 8.71. The molecule has 1 amide bonds. The summed E-state index contributed by atoms with van der Waals surface area (Å²) in [5.74, 6) is 0.910. The average Bonchev–Trinajstić information content (AvgIpc) is 2.91. The predicted molar refractivity (Wildman–Crippen MR) is 86.4 cm³/mol. The molecule has 0 bridgehead atoms. The van der Waals surface area contributed by atoms with Gasteiger partial charge in [-0.2, -0.15) is 5.26 Å². The van der Waals surface area contributed by atoms with Crippen LogP contribution in [0.3, 0.4) is 0 Å². The number of hydrogen-bond acceptors (Lipinski definition) is 7. The number of nitriles is 1. The number of thioether (sulfide) groups is 1. The lowest BCUT2D eigenvalue weighted by molar-refractivity contribution is -0.128. The molecule has 6 nitrogen and oxygen atoms in total. The highest BCUT2D eigenvalue weighted by Gasteiger charge is 2.13. The van der Waals surface area contributed by atoms with Crippen molar-refractivity contribution in [3.63, 3.8) is 0 Å².